The molecule has 1 aromatic carbocycles. The van der Waals surface area contributed by atoms with Gasteiger partial charge in [-0.15, -0.1) is 0 Å². The highest BCUT2D eigenvalue weighted by atomic mass is 19.4. The Balaban J connectivity index is 2.51. The number of halogens is 3. The summed E-state index contributed by atoms with van der Waals surface area (Å²) in [5, 5.41) is 8.87. The van der Waals surface area contributed by atoms with Crippen molar-refractivity contribution in [3.8, 4) is 11.4 Å². The number of hydrogen-bond acceptors (Lipinski definition) is 2. The van der Waals surface area contributed by atoms with Crippen LogP contribution >= 0.6 is 0 Å². The van der Waals surface area contributed by atoms with Crippen molar-refractivity contribution in [2.75, 3.05) is 0 Å². The lowest BCUT2D eigenvalue weighted by atomic mass is 10.1. The summed E-state index contributed by atoms with van der Waals surface area (Å²) in [4.78, 5) is 14.7. The van der Waals surface area contributed by atoms with Crippen LogP contribution < -0.4 is 0 Å². The molecule has 0 aliphatic heterocycles. The smallest absolute Gasteiger partial charge is 0.416 e. The molecule has 1 N–H and O–H groups in total. The number of benzene rings is 1. The second-order valence-electron chi connectivity index (χ2n) is 3.91. The average Bonchev–Trinajstić information content (AvgIpc) is 2.70. The van der Waals surface area contributed by atoms with E-state index < -0.39 is 17.7 Å². The third kappa shape index (κ3) is 2.44. The molecule has 2 aromatic rings. The molecule has 100 valence electrons. The molecule has 0 saturated carbocycles. The van der Waals surface area contributed by atoms with E-state index in [0.29, 0.717) is 0 Å². The summed E-state index contributed by atoms with van der Waals surface area (Å²) in [7, 11) is 1.44. The van der Waals surface area contributed by atoms with Crippen molar-refractivity contribution in [2.24, 2.45) is 7.05 Å². The zero-order valence-corrected chi connectivity index (χ0v) is 9.77. The predicted octanol–water partition coefficient (Wildman–Crippen LogP) is 2.80. The van der Waals surface area contributed by atoms with Gasteiger partial charge in [0.15, 0.2) is 0 Å². The number of rotatable bonds is 2. The van der Waals surface area contributed by atoms with Gasteiger partial charge in [-0.3, -0.25) is 0 Å². The summed E-state index contributed by atoms with van der Waals surface area (Å²) < 4.78 is 39.0. The van der Waals surface area contributed by atoms with Crippen LogP contribution in [0.5, 0.6) is 0 Å². The van der Waals surface area contributed by atoms with E-state index in [-0.39, 0.29) is 17.1 Å². The molecular formula is C12H9F3N2O2. The lowest BCUT2D eigenvalue weighted by Crippen LogP contribution is -2.07. The molecule has 4 nitrogen and oxygen atoms in total. The topological polar surface area (TPSA) is 55.1 Å². The molecule has 0 fully saturated rings. The standard InChI is InChI=1S/C12H9F3N2O2/c1-17-9(11(18)19)6-16-10(17)7-3-2-4-8(5-7)12(13,14)15/h2-6H,1H3,(H,18,19). The lowest BCUT2D eigenvalue weighted by Gasteiger charge is -2.09. The van der Waals surface area contributed by atoms with Crippen LogP contribution in [0.2, 0.25) is 0 Å². The molecule has 7 heteroatoms. The zero-order chi connectivity index (χ0) is 14.2. The Bertz CT molecular complexity index is 632. The SMILES string of the molecule is Cn1c(C(=O)O)cnc1-c1cccc(C(F)(F)F)c1. The van der Waals surface area contributed by atoms with Crippen LogP contribution in [-0.2, 0) is 13.2 Å². The third-order valence-electron chi connectivity index (χ3n) is 2.66. The number of carboxylic acid groups (broad SMARTS) is 1. The first-order valence-corrected chi connectivity index (χ1v) is 5.23. The van der Waals surface area contributed by atoms with Gasteiger partial charge in [0.1, 0.15) is 11.5 Å². The molecule has 0 atom stereocenters. The van der Waals surface area contributed by atoms with E-state index in [9.17, 15) is 18.0 Å². The van der Waals surface area contributed by atoms with Gasteiger partial charge < -0.3 is 9.67 Å². The van der Waals surface area contributed by atoms with Gasteiger partial charge in [0, 0.05) is 12.6 Å². The normalized spacial score (nSPS) is 11.6. The van der Waals surface area contributed by atoms with Crippen LogP contribution in [0.3, 0.4) is 0 Å². The second kappa shape index (κ2) is 4.42. The van der Waals surface area contributed by atoms with E-state index >= 15 is 0 Å². The van der Waals surface area contributed by atoms with Crippen LogP contribution in [0.25, 0.3) is 11.4 Å². The Morgan fingerprint density at radius 2 is 2.05 bits per heavy atom. The highest BCUT2D eigenvalue weighted by Gasteiger charge is 2.30. The molecule has 0 saturated heterocycles. The molecule has 0 amide bonds. The van der Waals surface area contributed by atoms with Crippen molar-refractivity contribution in [1.82, 2.24) is 9.55 Å². The van der Waals surface area contributed by atoms with Gasteiger partial charge in [0.05, 0.1) is 11.8 Å². The molecule has 1 heterocycles. The van der Waals surface area contributed by atoms with E-state index in [0.717, 1.165) is 18.3 Å². The van der Waals surface area contributed by atoms with Crippen LogP contribution in [0, 0.1) is 0 Å². The number of aromatic carboxylic acids is 1. The van der Waals surface area contributed by atoms with Crippen molar-refractivity contribution >= 4 is 5.97 Å². The van der Waals surface area contributed by atoms with Gasteiger partial charge in [-0.2, -0.15) is 13.2 Å². The van der Waals surface area contributed by atoms with Crippen LogP contribution in [0.15, 0.2) is 30.5 Å². The minimum Gasteiger partial charge on any atom is -0.477 e. The number of hydrogen-bond donors (Lipinski definition) is 1. The van der Waals surface area contributed by atoms with Gasteiger partial charge >= 0.3 is 12.1 Å². The monoisotopic (exact) mass is 270 g/mol. The molecule has 0 aliphatic carbocycles. The molecule has 0 radical (unpaired) electrons. The Hall–Kier alpha value is -2.31. The molecule has 0 aliphatic rings. The van der Waals surface area contributed by atoms with Crippen molar-refractivity contribution in [1.29, 1.82) is 0 Å². The quantitative estimate of drug-likeness (QED) is 0.912. The van der Waals surface area contributed by atoms with Gasteiger partial charge in [-0.25, -0.2) is 9.78 Å². The minimum atomic E-state index is -4.45. The Kier molecular flexibility index (Phi) is 3.05. The number of carbonyl (C=O) groups is 1. The van der Waals surface area contributed by atoms with E-state index in [1.807, 2.05) is 0 Å². The summed E-state index contributed by atoms with van der Waals surface area (Å²) in [5.41, 5.74) is -0.679. The molecule has 0 unspecified atom stereocenters. The summed E-state index contributed by atoms with van der Waals surface area (Å²) >= 11 is 0. The highest BCUT2D eigenvalue weighted by molar-refractivity contribution is 5.86. The van der Waals surface area contributed by atoms with Gasteiger partial charge in [0.2, 0.25) is 0 Å². The molecule has 1 aromatic heterocycles. The van der Waals surface area contributed by atoms with E-state index in [1.54, 1.807) is 0 Å². The van der Waals surface area contributed by atoms with Crippen LogP contribution in [0.1, 0.15) is 16.1 Å². The Labute approximate surface area is 106 Å². The predicted molar refractivity (Wildman–Crippen MR) is 60.6 cm³/mol. The molecule has 0 spiro atoms. The first kappa shape index (κ1) is 13.1. The fourth-order valence-electron chi connectivity index (χ4n) is 1.71. The zero-order valence-electron chi connectivity index (χ0n) is 9.77. The highest BCUT2D eigenvalue weighted by Crippen LogP contribution is 2.31. The number of aromatic nitrogens is 2. The van der Waals surface area contributed by atoms with Crippen molar-refractivity contribution in [3.05, 3.63) is 41.7 Å². The molecule has 2 rings (SSSR count). The molecule has 0 bridgehead atoms. The van der Waals surface area contributed by atoms with Crippen LogP contribution in [-0.4, -0.2) is 20.6 Å². The minimum absolute atomic E-state index is 0.0904. The fraction of sp³-hybridized carbons (Fsp3) is 0.167. The summed E-state index contributed by atoms with van der Waals surface area (Å²) in [6.45, 7) is 0. The molecular weight excluding hydrogens is 261 g/mol. The summed E-state index contributed by atoms with van der Waals surface area (Å²) in [5.74, 6) is -1.02. The summed E-state index contributed by atoms with van der Waals surface area (Å²) in [6.07, 6.45) is -3.34. The maximum atomic E-state index is 12.6. The van der Waals surface area contributed by atoms with E-state index in [4.69, 9.17) is 5.11 Å². The van der Waals surface area contributed by atoms with Gasteiger partial charge in [0.25, 0.3) is 0 Å². The van der Waals surface area contributed by atoms with Crippen molar-refractivity contribution in [2.45, 2.75) is 6.18 Å². The van der Waals surface area contributed by atoms with Crippen LogP contribution in [0.4, 0.5) is 13.2 Å². The first-order chi connectivity index (χ1) is 8.80. The Morgan fingerprint density at radius 1 is 1.37 bits per heavy atom. The second-order valence-corrected chi connectivity index (χ2v) is 3.91. The fourth-order valence-corrected chi connectivity index (χ4v) is 1.71. The van der Waals surface area contributed by atoms with Crippen molar-refractivity contribution in [3.63, 3.8) is 0 Å². The van der Waals surface area contributed by atoms with Gasteiger partial charge in [-0.05, 0) is 12.1 Å². The number of nitrogens with zero attached hydrogens (tertiary/aromatic N) is 2. The number of alkyl halides is 3. The number of imidazole rings is 1. The lowest BCUT2D eigenvalue weighted by molar-refractivity contribution is -0.137. The van der Waals surface area contributed by atoms with Crippen molar-refractivity contribution < 1.29 is 23.1 Å². The van der Waals surface area contributed by atoms with E-state index in [2.05, 4.69) is 4.98 Å². The summed E-state index contributed by atoms with van der Waals surface area (Å²) in [6, 6.07) is 4.59. The third-order valence-corrected chi connectivity index (χ3v) is 2.66. The first-order valence-electron chi connectivity index (χ1n) is 5.23. The average molecular weight is 270 g/mol. The largest absolute Gasteiger partial charge is 0.477 e. The maximum Gasteiger partial charge on any atom is 0.416 e. The molecule has 19 heavy (non-hydrogen) atoms. The Morgan fingerprint density at radius 3 is 2.58 bits per heavy atom. The van der Waals surface area contributed by atoms with Gasteiger partial charge in [-0.1, -0.05) is 12.1 Å². The maximum absolute atomic E-state index is 12.6. The number of carboxylic acids is 1. The van der Waals surface area contributed by atoms with E-state index in [1.165, 1.54) is 23.7 Å².